The number of aromatic carboxylic acids is 1. The van der Waals surface area contributed by atoms with E-state index in [1.54, 1.807) is 13.0 Å². The van der Waals surface area contributed by atoms with E-state index in [0.29, 0.717) is 10.6 Å². The van der Waals surface area contributed by atoms with Gasteiger partial charge in [0.25, 0.3) is 0 Å². The van der Waals surface area contributed by atoms with Crippen molar-refractivity contribution in [3.63, 3.8) is 0 Å². The van der Waals surface area contributed by atoms with Gasteiger partial charge in [0.15, 0.2) is 0 Å². The predicted octanol–water partition coefficient (Wildman–Crippen LogP) is 1.13. The highest BCUT2D eigenvalue weighted by Gasteiger charge is 2.14. The molecule has 2 N–H and O–H groups in total. The number of carboxylic acid groups (broad SMARTS) is 1. The Labute approximate surface area is 109 Å². The van der Waals surface area contributed by atoms with E-state index < -0.39 is 21.7 Å². The summed E-state index contributed by atoms with van der Waals surface area (Å²) in [5, 5.41) is 11.7. The molecule has 0 aliphatic rings. The Hall–Kier alpha value is -1.41. The number of nitrogens with one attached hydrogen (secondary N) is 1. The van der Waals surface area contributed by atoms with Crippen LogP contribution in [0.5, 0.6) is 0 Å². The normalized spacial score (nSPS) is 11.2. The first-order valence-corrected chi connectivity index (χ1v) is 7.88. The molecule has 0 saturated carbocycles. The van der Waals surface area contributed by atoms with Crippen LogP contribution in [0.4, 0.5) is 5.00 Å². The maximum absolute atomic E-state index is 11.4. The Bertz CT molecular complexity index is 573. The number of aryl methyl sites for hydroxylation is 1. The van der Waals surface area contributed by atoms with Gasteiger partial charge in [0.2, 0.25) is 5.91 Å². The fourth-order valence-corrected chi connectivity index (χ4v) is 2.72. The molecule has 1 aromatic heterocycles. The van der Waals surface area contributed by atoms with Crippen LogP contribution in [-0.4, -0.2) is 37.4 Å². The fourth-order valence-electron chi connectivity index (χ4n) is 1.23. The molecular formula is C10H13NO5S2. The number of sulfone groups is 1. The van der Waals surface area contributed by atoms with Crippen molar-refractivity contribution in [3.8, 4) is 0 Å². The molecule has 6 nitrogen and oxygen atoms in total. The summed E-state index contributed by atoms with van der Waals surface area (Å²) in [5.41, 5.74) is 0.561. The summed E-state index contributed by atoms with van der Waals surface area (Å²) in [7, 11) is -3.18. The van der Waals surface area contributed by atoms with Crippen LogP contribution in [0.1, 0.15) is 21.7 Å². The van der Waals surface area contributed by atoms with Gasteiger partial charge in [-0.3, -0.25) is 4.79 Å². The Morgan fingerprint density at radius 3 is 2.50 bits per heavy atom. The van der Waals surface area contributed by atoms with E-state index in [4.69, 9.17) is 5.11 Å². The molecule has 0 aliphatic heterocycles. The molecule has 0 aromatic carbocycles. The van der Waals surface area contributed by atoms with E-state index in [9.17, 15) is 18.0 Å². The molecule has 0 fully saturated rings. The summed E-state index contributed by atoms with van der Waals surface area (Å²) >= 11 is 0.948. The third-order valence-electron chi connectivity index (χ3n) is 2.07. The predicted molar refractivity (Wildman–Crippen MR) is 69.0 cm³/mol. The second-order valence-corrected chi connectivity index (χ2v) is 7.17. The van der Waals surface area contributed by atoms with Gasteiger partial charge in [0.1, 0.15) is 14.7 Å². The smallest absolute Gasteiger partial charge is 0.346 e. The molecule has 8 heteroatoms. The van der Waals surface area contributed by atoms with Crippen molar-refractivity contribution in [3.05, 3.63) is 16.5 Å². The van der Waals surface area contributed by atoms with Crippen LogP contribution in [-0.2, 0) is 14.6 Å². The van der Waals surface area contributed by atoms with Gasteiger partial charge in [-0.2, -0.15) is 0 Å². The van der Waals surface area contributed by atoms with Crippen molar-refractivity contribution >= 4 is 38.1 Å². The molecule has 0 saturated heterocycles. The minimum atomic E-state index is -3.18. The molecule has 1 amide bonds. The molecule has 1 heterocycles. The van der Waals surface area contributed by atoms with Crippen LogP contribution < -0.4 is 5.32 Å². The number of carboxylic acids is 1. The van der Waals surface area contributed by atoms with Crippen LogP contribution in [0, 0.1) is 6.92 Å². The fraction of sp³-hybridized carbons (Fsp3) is 0.400. The number of thiophene rings is 1. The van der Waals surface area contributed by atoms with Crippen LogP contribution in [0.2, 0.25) is 0 Å². The molecular weight excluding hydrogens is 278 g/mol. The Morgan fingerprint density at radius 2 is 2.06 bits per heavy atom. The minimum Gasteiger partial charge on any atom is -0.477 e. The monoisotopic (exact) mass is 291 g/mol. The van der Waals surface area contributed by atoms with Gasteiger partial charge in [0, 0.05) is 12.7 Å². The number of carbonyl (C=O) groups excluding carboxylic acids is 1. The zero-order valence-corrected chi connectivity index (χ0v) is 11.5. The highest BCUT2D eigenvalue weighted by Crippen LogP contribution is 2.26. The second kappa shape index (κ2) is 5.49. The van der Waals surface area contributed by atoms with Gasteiger partial charge in [-0.25, -0.2) is 13.2 Å². The summed E-state index contributed by atoms with van der Waals surface area (Å²) in [6.45, 7) is 1.63. The van der Waals surface area contributed by atoms with Crippen molar-refractivity contribution in [1.82, 2.24) is 0 Å². The molecule has 0 radical (unpaired) electrons. The summed E-state index contributed by atoms with van der Waals surface area (Å²) in [4.78, 5) is 22.4. The van der Waals surface area contributed by atoms with Gasteiger partial charge in [-0.05, 0) is 18.6 Å². The van der Waals surface area contributed by atoms with Crippen LogP contribution in [0.3, 0.4) is 0 Å². The van der Waals surface area contributed by atoms with E-state index in [2.05, 4.69) is 5.32 Å². The SMILES string of the molecule is Cc1cc(NC(=O)CCS(C)(=O)=O)sc1C(=O)O. The van der Waals surface area contributed by atoms with Crippen molar-refractivity contribution < 1.29 is 23.1 Å². The molecule has 1 rings (SSSR count). The van der Waals surface area contributed by atoms with Gasteiger partial charge in [0.05, 0.1) is 10.8 Å². The first-order valence-electron chi connectivity index (χ1n) is 5.00. The zero-order chi connectivity index (χ0) is 13.9. The molecule has 0 bridgehead atoms. The number of amides is 1. The first kappa shape index (κ1) is 14.7. The topological polar surface area (TPSA) is 101 Å². The van der Waals surface area contributed by atoms with E-state index >= 15 is 0 Å². The van der Waals surface area contributed by atoms with Crippen LogP contribution >= 0.6 is 11.3 Å². The first-order chi connectivity index (χ1) is 8.19. The van der Waals surface area contributed by atoms with Crippen molar-refractivity contribution in [1.29, 1.82) is 0 Å². The Kier molecular flexibility index (Phi) is 4.47. The lowest BCUT2D eigenvalue weighted by atomic mass is 10.3. The third-order valence-corrected chi connectivity index (χ3v) is 4.16. The summed E-state index contributed by atoms with van der Waals surface area (Å²) in [5.74, 6) is -1.72. The molecule has 0 atom stereocenters. The van der Waals surface area contributed by atoms with E-state index in [-0.39, 0.29) is 17.1 Å². The van der Waals surface area contributed by atoms with Crippen molar-refractivity contribution in [2.75, 3.05) is 17.3 Å². The highest BCUT2D eigenvalue weighted by atomic mass is 32.2. The summed E-state index contributed by atoms with van der Waals surface area (Å²) in [6, 6.07) is 1.55. The number of hydrogen-bond donors (Lipinski definition) is 2. The van der Waals surface area contributed by atoms with E-state index in [1.165, 1.54) is 0 Å². The third kappa shape index (κ3) is 4.46. The van der Waals surface area contributed by atoms with Gasteiger partial charge >= 0.3 is 5.97 Å². The lowest BCUT2D eigenvalue weighted by Gasteiger charge is -2.00. The highest BCUT2D eigenvalue weighted by molar-refractivity contribution is 7.90. The number of carbonyl (C=O) groups is 2. The summed E-state index contributed by atoms with van der Waals surface area (Å²) < 4.78 is 21.8. The Morgan fingerprint density at radius 1 is 1.44 bits per heavy atom. The van der Waals surface area contributed by atoms with Gasteiger partial charge in [-0.1, -0.05) is 0 Å². The van der Waals surface area contributed by atoms with Gasteiger partial charge < -0.3 is 10.4 Å². The maximum Gasteiger partial charge on any atom is 0.346 e. The standard InChI is InChI=1S/C10H13NO5S2/c1-6-5-8(17-9(6)10(13)14)11-7(12)3-4-18(2,15)16/h5H,3-4H2,1-2H3,(H,11,12)(H,13,14). The molecule has 100 valence electrons. The molecule has 18 heavy (non-hydrogen) atoms. The molecule has 0 unspecified atom stereocenters. The molecule has 1 aromatic rings. The van der Waals surface area contributed by atoms with Crippen molar-refractivity contribution in [2.45, 2.75) is 13.3 Å². The quantitative estimate of drug-likeness (QED) is 0.847. The largest absolute Gasteiger partial charge is 0.477 e. The minimum absolute atomic E-state index is 0.141. The average molecular weight is 291 g/mol. The lowest BCUT2D eigenvalue weighted by molar-refractivity contribution is -0.115. The summed E-state index contributed by atoms with van der Waals surface area (Å²) in [6.07, 6.45) is 0.913. The molecule has 0 spiro atoms. The molecule has 0 aliphatic carbocycles. The zero-order valence-electron chi connectivity index (χ0n) is 9.89. The van der Waals surface area contributed by atoms with E-state index in [1.807, 2.05) is 0 Å². The number of hydrogen-bond acceptors (Lipinski definition) is 5. The van der Waals surface area contributed by atoms with Crippen LogP contribution in [0.15, 0.2) is 6.07 Å². The average Bonchev–Trinajstić information content (AvgIpc) is 2.55. The second-order valence-electron chi connectivity index (χ2n) is 3.86. The number of rotatable bonds is 5. The Balaban J connectivity index is 2.65. The van der Waals surface area contributed by atoms with E-state index in [0.717, 1.165) is 17.6 Å². The van der Waals surface area contributed by atoms with Crippen LogP contribution in [0.25, 0.3) is 0 Å². The van der Waals surface area contributed by atoms with Gasteiger partial charge in [-0.15, -0.1) is 11.3 Å². The number of anilines is 1. The lowest BCUT2D eigenvalue weighted by Crippen LogP contribution is -2.15. The maximum atomic E-state index is 11.4. The van der Waals surface area contributed by atoms with Crippen molar-refractivity contribution in [2.24, 2.45) is 0 Å².